The van der Waals surface area contributed by atoms with E-state index in [9.17, 15) is 9.59 Å². The van der Waals surface area contributed by atoms with Gasteiger partial charge in [0.2, 0.25) is 11.7 Å². The molecular formula is C26H27N5O3S. The van der Waals surface area contributed by atoms with Crippen molar-refractivity contribution >= 4 is 29.3 Å². The fourth-order valence-electron chi connectivity index (χ4n) is 3.64. The number of carbonyl (C=O) groups is 2. The van der Waals surface area contributed by atoms with E-state index in [1.54, 1.807) is 41.5 Å². The Morgan fingerprint density at radius 2 is 1.80 bits per heavy atom. The summed E-state index contributed by atoms with van der Waals surface area (Å²) in [5.74, 6) is 1.10. The molecule has 180 valence electrons. The normalized spacial score (nSPS) is 10.8. The van der Waals surface area contributed by atoms with Crippen LogP contribution >= 0.6 is 11.8 Å². The first-order chi connectivity index (χ1) is 17.1. The number of carbonyl (C=O) groups excluding carboxylic acids is 2. The van der Waals surface area contributed by atoms with Crippen LogP contribution in [-0.2, 0) is 11.3 Å². The fourth-order valence-corrected chi connectivity index (χ4v) is 4.38. The molecule has 4 rings (SSSR count). The molecule has 2 amide bonds. The Hall–Kier alpha value is -3.85. The quantitative estimate of drug-likeness (QED) is 0.322. The minimum absolute atomic E-state index is 0.0556. The number of amides is 2. The van der Waals surface area contributed by atoms with Crippen LogP contribution in [-0.4, -0.2) is 50.3 Å². The summed E-state index contributed by atoms with van der Waals surface area (Å²) in [5, 5.41) is 12.1. The molecule has 35 heavy (non-hydrogen) atoms. The van der Waals surface area contributed by atoms with Gasteiger partial charge in [0.15, 0.2) is 10.9 Å². The van der Waals surface area contributed by atoms with Gasteiger partial charge >= 0.3 is 0 Å². The Balaban J connectivity index is 1.46. The second-order valence-corrected chi connectivity index (χ2v) is 8.69. The van der Waals surface area contributed by atoms with Gasteiger partial charge in [-0.25, -0.2) is 0 Å². The van der Waals surface area contributed by atoms with E-state index in [1.807, 2.05) is 54.8 Å². The van der Waals surface area contributed by atoms with Gasteiger partial charge < -0.3 is 14.6 Å². The largest absolute Gasteiger partial charge is 0.461 e. The molecule has 2 aromatic heterocycles. The number of thioether (sulfide) groups is 1. The van der Waals surface area contributed by atoms with Crippen LogP contribution in [0.1, 0.15) is 29.8 Å². The van der Waals surface area contributed by atoms with Crippen LogP contribution in [0.3, 0.4) is 0 Å². The van der Waals surface area contributed by atoms with Gasteiger partial charge in [0, 0.05) is 24.3 Å². The molecule has 0 aliphatic carbocycles. The third-order valence-electron chi connectivity index (χ3n) is 5.42. The van der Waals surface area contributed by atoms with Crippen molar-refractivity contribution in [1.29, 1.82) is 0 Å². The molecule has 0 aliphatic heterocycles. The van der Waals surface area contributed by atoms with Gasteiger partial charge in [0.25, 0.3) is 5.91 Å². The van der Waals surface area contributed by atoms with Crippen molar-refractivity contribution < 1.29 is 14.0 Å². The second-order valence-electron chi connectivity index (χ2n) is 7.75. The Morgan fingerprint density at radius 1 is 1.00 bits per heavy atom. The highest BCUT2D eigenvalue weighted by Gasteiger charge is 2.18. The molecule has 0 spiro atoms. The molecule has 0 bridgehead atoms. The Labute approximate surface area is 208 Å². The average Bonchev–Trinajstić information content (AvgIpc) is 3.54. The number of anilines is 1. The van der Waals surface area contributed by atoms with Gasteiger partial charge in [0.05, 0.1) is 18.6 Å². The smallest absolute Gasteiger partial charge is 0.253 e. The van der Waals surface area contributed by atoms with E-state index < -0.39 is 0 Å². The van der Waals surface area contributed by atoms with Crippen LogP contribution in [0.2, 0.25) is 0 Å². The van der Waals surface area contributed by atoms with E-state index in [-0.39, 0.29) is 17.6 Å². The zero-order chi connectivity index (χ0) is 24.6. The van der Waals surface area contributed by atoms with Crippen molar-refractivity contribution in [3.8, 4) is 11.6 Å². The summed E-state index contributed by atoms with van der Waals surface area (Å²) in [5.41, 5.74) is 2.21. The maximum absolute atomic E-state index is 12.7. The summed E-state index contributed by atoms with van der Waals surface area (Å²) in [6, 6.07) is 20.6. The molecule has 4 aromatic rings. The summed E-state index contributed by atoms with van der Waals surface area (Å²) in [6.07, 6.45) is 1.59. The molecule has 0 saturated heterocycles. The highest BCUT2D eigenvalue weighted by Crippen LogP contribution is 2.26. The van der Waals surface area contributed by atoms with E-state index in [4.69, 9.17) is 4.42 Å². The second kappa shape index (κ2) is 11.5. The van der Waals surface area contributed by atoms with Gasteiger partial charge in [-0.2, -0.15) is 0 Å². The minimum Gasteiger partial charge on any atom is -0.461 e. The number of nitrogens with one attached hydrogen (secondary N) is 1. The summed E-state index contributed by atoms with van der Waals surface area (Å²) >= 11 is 1.29. The molecule has 0 radical (unpaired) electrons. The van der Waals surface area contributed by atoms with Crippen molar-refractivity contribution in [2.24, 2.45) is 0 Å². The number of hydrogen-bond donors (Lipinski definition) is 1. The van der Waals surface area contributed by atoms with Crippen LogP contribution in [0.15, 0.2) is 82.6 Å². The highest BCUT2D eigenvalue weighted by molar-refractivity contribution is 7.99. The number of rotatable bonds is 10. The van der Waals surface area contributed by atoms with Gasteiger partial charge in [-0.1, -0.05) is 48.2 Å². The molecule has 8 nitrogen and oxygen atoms in total. The van der Waals surface area contributed by atoms with Gasteiger partial charge in [-0.05, 0) is 49.7 Å². The van der Waals surface area contributed by atoms with Gasteiger partial charge in [0.1, 0.15) is 0 Å². The Morgan fingerprint density at radius 3 is 2.51 bits per heavy atom. The zero-order valence-corrected chi connectivity index (χ0v) is 20.5. The molecule has 2 heterocycles. The first-order valence-corrected chi connectivity index (χ1v) is 12.4. The summed E-state index contributed by atoms with van der Waals surface area (Å²) in [6.45, 7) is 5.69. The van der Waals surface area contributed by atoms with Crippen molar-refractivity contribution in [3.63, 3.8) is 0 Å². The Bertz CT molecular complexity index is 1270. The van der Waals surface area contributed by atoms with Crippen LogP contribution in [0.4, 0.5) is 5.69 Å². The maximum atomic E-state index is 12.7. The molecule has 0 fully saturated rings. The molecule has 1 N–H and O–H groups in total. The number of aromatic nitrogens is 3. The monoisotopic (exact) mass is 489 g/mol. The summed E-state index contributed by atoms with van der Waals surface area (Å²) in [4.78, 5) is 27.1. The van der Waals surface area contributed by atoms with Crippen LogP contribution in [0, 0.1) is 0 Å². The van der Waals surface area contributed by atoms with E-state index in [0.717, 1.165) is 5.56 Å². The predicted molar refractivity (Wildman–Crippen MR) is 136 cm³/mol. The molecule has 0 saturated carbocycles. The van der Waals surface area contributed by atoms with Gasteiger partial charge in [-0.3, -0.25) is 14.2 Å². The number of furan rings is 1. The SMILES string of the molecule is CCN(CC)C(=O)c1cccc(NC(=O)CSc2nnc(-c3ccco3)n2Cc2ccccc2)c1. The molecule has 9 heteroatoms. The number of hydrogen-bond acceptors (Lipinski definition) is 6. The third-order valence-corrected chi connectivity index (χ3v) is 6.38. The number of nitrogens with zero attached hydrogens (tertiary/aromatic N) is 4. The Kier molecular flexibility index (Phi) is 7.99. The number of benzene rings is 2. The topological polar surface area (TPSA) is 93.3 Å². The molecule has 0 unspecified atom stereocenters. The summed E-state index contributed by atoms with van der Waals surface area (Å²) in [7, 11) is 0. The molecule has 2 aromatic carbocycles. The lowest BCUT2D eigenvalue weighted by molar-refractivity contribution is -0.113. The van der Waals surface area contributed by atoms with Crippen LogP contribution < -0.4 is 5.32 Å². The van der Waals surface area contributed by atoms with Crippen molar-refractivity contribution in [2.75, 3.05) is 24.2 Å². The molecular weight excluding hydrogens is 462 g/mol. The lowest BCUT2D eigenvalue weighted by Gasteiger charge is -2.19. The fraction of sp³-hybridized carbons (Fsp3) is 0.231. The van der Waals surface area contributed by atoms with Gasteiger partial charge in [-0.15, -0.1) is 10.2 Å². The van der Waals surface area contributed by atoms with E-state index >= 15 is 0 Å². The first-order valence-electron chi connectivity index (χ1n) is 11.4. The van der Waals surface area contributed by atoms with Crippen molar-refractivity contribution in [2.45, 2.75) is 25.5 Å². The third kappa shape index (κ3) is 5.99. The lowest BCUT2D eigenvalue weighted by Crippen LogP contribution is -2.30. The average molecular weight is 490 g/mol. The van der Waals surface area contributed by atoms with Crippen LogP contribution in [0.25, 0.3) is 11.6 Å². The zero-order valence-electron chi connectivity index (χ0n) is 19.7. The summed E-state index contributed by atoms with van der Waals surface area (Å²) < 4.78 is 7.48. The lowest BCUT2D eigenvalue weighted by atomic mass is 10.1. The van der Waals surface area contributed by atoms with E-state index in [1.165, 1.54) is 11.8 Å². The van der Waals surface area contributed by atoms with E-state index in [0.29, 0.717) is 47.6 Å². The van der Waals surface area contributed by atoms with Crippen molar-refractivity contribution in [1.82, 2.24) is 19.7 Å². The first kappa shape index (κ1) is 24.3. The maximum Gasteiger partial charge on any atom is 0.253 e. The molecule has 0 atom stereocenters. The minimum atomic E-state index is -0.198. The predicted octanol–water partition coefficient (Wildman–Crippen LogP) is 4.80. The highest BCUT2D eigenvalue weighted by atomic mass is 32.2. The standard InChI is InChI=1S/C26H27N5O3S/c1-3-30(4-2)25(33)20-12-8-13-21(16-20)27-23(32)18-35-26-29-28-24(22-14-9-15-34-22)31(26)17-19-10-6-5-7-11-19/h5-16H,3-4,17-18H2,1-2H3,(H,27,32). The van der Waals surface area contributed by atoms with Crippen LogP contribution in [0.5, 0.6) is 0 Å². The molecule has 0 aliphatic rings. The van der Waals surface area contributed by atoms with Crippen molar-refractivity contribution in [3.05, 3.63) is 84.1 Å². The van der Waals surface area contributed by atoms with E-state index in [2.05, 4.69) is 15.5 Å².